The lowest BCUT2D eigenvalue weighted by Gasteiger charge is -2.11. The average molecular weight is 477 g/mol. The van der Waals surface area contributed by atoms with Crippen molar-refractivity contribution in [1.82, 2.24) is 9.55 Å². The van der Waals surface area contributed by atoms with Gasteiger partial charge in [-0.2, -0.15) is 0 Å². The molecular weight excluding hydrogens is 461 g/mol. The Morgan fingerprint density at radius 3 is 2.47 bits per heavy atom. The van der Waals surface area contributed by atoms with Crippen molar-refractivity contribution in [2.24, 2.45) is 0 Å². The van der Waals surface area contributed by atoms with E-state index in [1.165, 1.54) is 0 Å². The van der Waals surface area contributed by atoms with E-state index in [9.17, 15) is 4.79 Å². The van der Waals surface area contributed by atoms with Gasteiger partial charge in [0.1, 0.15) is 12.4 Å². The fourth-order valence-corrected chi connectivity index (χ4v) is 4.44. The zero-order valence-electron chi connectivity index (χ0n) is 15.6. The molecule has 0 saturated carbocycles. The number of carbonyl (C=O) groups excluding carboxylic acids is 1. The summed E-state index contributed by atoms with van der Waals surface area (Å²) in [6, 6.07) is 20.4. The summed E-state index contributed by atoms with van der Waals surface area (Å²) in [5, 5.41) is 4.45. The highest BCUT2D eigenvalue weighted by Crippen LogP contribution is 2.27. The minimum Gasteiger partial charge on any atom is -0.323 e. The van der Waals surface area contributed by atoms with E-state index < -0.39 is 0 Å². The minimum atomic E-state index is -0.194. The van der Waals surface area contributed by atoms with Crippen LogP contribution in [0.5, 0.6) is 0 Å². The van der Waals surface area contributed by atoms with Crippen molar-refractivity contribution in [1.29, 1.82) is 0 Å². The first-order valence-electron chi connectivity index (χ1n) is 9.07. The van der Waals surface area contributed by atoms with Crippen LogP contribution in [-0.2, 0) is 17.1 Å². The maximum absolute atomic E-state index is 12.8. The number of aromatic nitrogens is 2. The van der Waals surface area contributed by atoms with Crippen molar-refractivity contribution in [2.45, 2.75) is 17.2 Å². The first-order chi connectivity index (χ1) is 14.5. The Kier molecular flexibility index (Phi) is 6.54. The summed E-state index contributed by atoms with van der Waals surface area (Å²) in [6.07, 6.45) is 0. The van der Waals surface area contributed by atoms with Crippen LogP contribution in [0.4, 0.5) is 5.69 Å². The number of imidazole rings is 1. The number of amides is 1. The van der Waals surface area contributed by atoms with E-state index >= 15 is 0 Å². The second-order valence-electron chi connectivity index (χ2n) is 6.52. The number of nitrogens with zero attached hydrogens (tertiary/aromatic N) is 2. The Hall–Kier alpha value is -2.18. The molecule has 0 atom stereocenters. The molecule has 0 saturated heterocycles. The molecule has 8 heteroatoms. The fourth-order valence-electron chi connectivity index (χ4n) is 3.01. The molecule has 0 aliphatic heterocycles. The van der Waals surface area contributed by atoms with Crippen molar-refractivity contribution < 1.29 is 4.79 Å². The number of anilines is 1. The maximum atomic E-state index is 12.8. The Bertz CT molecular complexity index is 1210. The summed E-state index contributed by atoms with van der Waals surface area (Å²) in [4.78, 5) is 18.6. The van der Waals surface area contributed by atoms with Crippen molar-refractivity contribution in [3.63, 3.8) is 0 Å². The molecule has 3 aromatic carbocycles. The van der Waals surface area contributed by atoms with Crippen LogP contribution in [0.2, 0.25) is 15.1 Å². The molecule has 0 aliphatic rings. The van der Waals surface area contributed by atoms with Gasteiger partial charge in [0, 0.05) is 14.9 Å². The third kappa shape index (κ3) is 4.93. The third-order valence-electron chi connectivity index (χ3n) is 4.42. The highest BCUT2D eigenvalue weighted by molar-refractivity contribution is 7.98. The van der Waals surface area contributed by atoms with Gasteiger partial charge in [-0.3, -0.25) is 4.79 Å². The molecule has 0 radical (unpaired) electrons. The van der Waals surface area contributed by atoms with Gasteiger partial charge in [-0.1, -0.05) is 46.9 Å². The van der Waals surface area contributed by atoms with Gasteiger partial charge in [-0.15, -0.1) is 11.8 Å². The van der Waals surface area contributed by atoms with Gasteiger partial charge in [0.05, 0.1) is 27.5 Å². The van der Waals surface area contributed by atoms with E-state index in [1.54, 1.807) is 30.0 Å². The van der Waals surface area contributed by atoms with Crippen molar-refractivity contribution >= 4 is 69.2 Å². The molecule has 0 fully saturated rings. The summed E-state index contributed by atoms with van der Waals surface area (Å²) < 4.78 is 1.93. The van der Waals surface area contributed by atoms with Crippen molar-refractivity contribution in [3.05, 3.63) is 87.6 Å². The molecule has 0 spiro atoms. The number of hydrogen-bond acceptors (Lipinski definition) is 3. The number of thioether (sulfide) groups is 1. The van der Waals surface area contributed by atoms with Gasteiger partial charge in [-0.25, -0.2) is 4.98 Å². The lowest BCUT2D eigenvalue weighted by molar-refractivity contribution is -0.116. The Balaban J connectivity index is 1.56. The fraction of sp³-hybridized carbons (Fsp3) is 0.0909. The van der Waals surface area contributed by atoms with Crippen LogP contribution < -0.4 is 5.32 Å². The standard InChI is InChI=1S/C22H16Cl3N3OS/c23-14-5-8-16(9-6-14)30-13-21-26-19-3-1-2-4-20(19)28(21)12-22(29)27-18-10-7-15(24)11-17(18)25/h1-11H,12-13H2,(H,27,29). The zero-order valence-corrected chi connectivity index (χ0v) is 18.7. The monoisotopic (exact) mass is 475 g/mol. The van der Waals surface area contributed by atoms with Crippen molar-refractivity contribution in [2.75, 3.05) is 5.32 Å². The molecule has 0 bridgehead atoms. The lowest BCUT2D eigenvalue weighted by atomic mass is 10.3. The van der Waals surface area contributed by atoms with Crippen LogP contribution in [0.3, 0.4) is 0 Å². The van der Waals surface area contributed by atoms with Crippen LogP contribution in [0.1, 0.15) is 5.82 Å². The van der Waals surface area contributed by atoms with Gasteiger partial charge in [-0.05, 0) is 54.6 Å². The van der Waals surface area contributed by atoms with Crippen LogP contribution in [-0.4, -0.2) is 15.5 Å². The number of rotatable bonds is 6. The van der Waals surface area contributed by atoms with Gasteiger partial charge in [0.2, 0.25) is 5.91 Å². The van der Waals surface area contributed by atoms with E-state index in [0.29, 0.717) is 26.5 Å². The molecular formula is C22H16Cl3N3OS. The number of halogens is 3. The number of fused-ring (bicyclic) bond motifs is 1. The predicted molar refractivity (Wildman–Crippen MR) is 126 cm³/mol. The number of hydrogen-bond donors (Lipinski definition) is 1. The topological polar surface area (TPSA) is 46.9 Å². The molecule has 1 aromatic heterocycles. The molecule has 1 amide bonds. The molecule has 1 heterocycles. The van der Waals surface area contributed by atoms with Gasteiger partial charge >= 0.3 is 0 Å². The van der Waals surface area contributed by atoms with E-state index in [4.69, 9.17) is 39.8 Å². The predicted octanol–water partition coefficient (Wildman–Crippen LogP) is 6.93. The van der Waals surface area contributed by atoms with E-state index in [1.807, 2.05) is 53.1 Å². The Morgan fingerprint density at radius 2 is 1.70 bits per heavy atom. The summed E-state index contributed by atoms with van der Waals surface area (Å²) in [5.74, 6) is 1.24. The third-order valence-corrected chi connectivity index (χ3v) is 6.23. The molecule has 0 unspecified atom stereocenters. The van der Waals surface area contributed by atoms with Gasteiger partial charge < -0.3 is 9.88 Å². The summed E-state index contributed by atoms with van der Waals surface area (Å²) in [7, 11) is 0. The first kappa shape index (κ1) is 21.1. The number of nitrogens with one attached hydrogen (secondary N) is 1. The molecule has 4 rings (SSSR count). The number of benzene rings is 3. The minimum absolute atomic E-state index is 0.121. The van der Waals surface area contributed by atoms with E-state index in [2.05, 4.69) is 5.32 Å². The highest BCUT2D eigenvalue weighted by atomic mass is 35.5. The molecule has 4 aromatic rings. The van der Waals surface area contributed by atoms with Crippen LogP contribution >= 0.6 is 46.6 Å². The summed E-state index contributed by atoms with van der Waals surface area (Å²) in [6.45, 7) is 0.121. The summed E-state index contributed by atoms with van der Waals surface area (Å²) >= 11 is 19.7. The lowest BCUT2D eigenvalue weighted by Crippen LogP contribution is -2.20. The molecule has 4 nitrogen and oxygen atoms in total. The van der Waals surface area contributed by atoms with E-state index in [-0.39, 0.29) is 12.5 Å². The number of para-hydroxylation sites is 2. The zero-order chi connectivity index (χ0) is 21.1. The largest absolute Gasteiger partial charge is 0.323 e. The van der Waals surface area contributed by atoms with Gasteiger partial charge in [0.15, 0.2) is 0 Å². The van der Waals surface area contributed by atoms with Crippen LogP contribution in [0.25, 0.3) is 11.0 Å². The highest BCUT2D eigenvalue weighted by Gasteiger charge is 2.15. The van der Waals surface area contributed by atoms with Gasteiger partial charge in [0.25, 0.3) is 0 Å². The van der Waals surface area contributed by atoms with Crippen LogP contribution in [0, 0.1) is 0 Å². The summed E-state index contributed by atoms with van der Waals surface area (Å²) in [5.41, 5.74) is 2.27. The van der Waals surface area contributed by atoms with Crippen molar-refractivity contribution in [3.8, 4) is 0 Å². The molecule has 30 heavy (non-hydrogen) atoms. The second kappa shape index (κ2) is 9.31. The molecule has 152 valence electrons. The van der Waals surface area contributed by atoms with E-state index in [0.717, 1.165) is 21.8 Å². The number of carbonyl (C=O) groups is 1. The van der Waals surface area contributed by atoms with Crippen LogP contribution in [0.15, 0.2) is 71.6 Å². The first-order valence-corrected chi connectivity index (χ1v) is 11.2. The Morgan fingerprint density at radius 1 is 0.967 bits per heavy atom. The second-order valence-corrected chi connectivity index (χ2v) is 8.85. The average Bonchev–Trinajstić information content (AvgIpc) is 3.07. The molecule has 1 N–H and O–H groups in total. The quantitative estimate of drug-likeness (QED) is 0.307. The normalized spacial score (nSPS) is 11.0. The Labute approximate surface area is 193 Å². The smallest absolute Gasteiger partial charge is 0.244 e. The SMILES string of the molecule is O=C(Cn1c(CSc2ccc(Cl)cc2)nc2ccccc21)Nc1ccc(Cl)cc1Cl. The molecule has 0 aliphatic carbocycles. The maximum Gasteiger partial charge on any atom is 0.244 e.